The third-order valence-electron chi connectivity index (χ3n) is 12.5. The van der Waals surface area contributed by atoms with Crippen molar-refractivity contribution in [3.63, 3.8) is 0 Å². The molecular weight excluding hydrogens is 1660 g/mol. The van der Waals surface area contributed by atoms with E-state index in [1.807, 2.05) is 0 Å². The predicted octanol–water partition coefficient (Wildman–Crippen LogP) is -13.5. The number of nitrogens with zero attached hydrogens (tertiary/aromatic N) is 10. The number of phenolic OH excluding ortho intramolecular Hbond substituents is 2. The average molecular weight is 1690 g/mol. The van der Waals surface area contributed by atoms with Crippen LogP contribution in [0.3, 0.4) is 0 Å². The van der Waals surface area contributed by atoms with Crippen LogP contribution < -0.4 is 228 Å². The third-order valence-corrected chi connectivity index (χ3v) is 16.3. The van der Waals surface area contributed by atoms with Gasteiger partial charge in [-0.1, -0.05) is 34.4 Å². The first kappa shape index (κ1) is 100. The van der Waals surface area contributed by atoms with Crippen LogP contribution in [0.5, 0.6) is 11.5 Å². The van der Waals surface area contributed by atoms with Crippen molar-refractivity contribution >= 4 is 208 Å². The molecule has 0 fully saturated rings. The van der Waals surface area contributed by atoms with Gasteiger partial charge in [-0.05, 0) is 89.6 Å². The van der Waals surface area contributed by atoms with Crippen LogP contribution in [0.2, 0.25) is 10.6 Å². The van der Waals surface area contributed by atoms with Crippen LogP contribution in [0, 0.1) is 25.1 Å². The largest absolute Gasteiger partial charge is 1.00 e. The first-order chi connectivity index (χ1) is 46.3. The number of hydrogen-bond donors (Lipinski definition) is 6. The first-order valence-electron chi connectivity index (χ1n) is 25.7. The molecule has 2 aromatic heterocycles. The van der Waals surface area contributed by atoms with Crippen LogP contribution in [0.15, 0.2) is 161 Å². The van der Waals surface area contributed by atoms with E-state index in [9.17, 15) is 62.1 Å². The van der Waals surface area contributed by atoms with Crippen LogP contribution in [0.4, 0.5) is 69.3 Å². The fourth-order valence-corrected chi connectivity index (χ4v) is 11.8. The molecular formula is C53H29Cl2N14Na7O23S7. The number of hydrogen-bond acceptors (Lipinski definition) is 37. The molecule has 512 valence electrons. The Morgan fingerprint density at radius 1 is 0.462 bits per heavy atom. The van der Waals surface area contributed by atoms with E-state index in [4.69, 9.17) is 61.1 Å². The van der Waals surface area contributed by atoms with Gasteiger partial charge < -0.3 is 49.7 Å². The minimum absolute atomic E-state index is 0. The van der Waals surface area contributed by atoms with E-state index in [2.05, 4.69) is 89.8 Å². The minimum Gasteiger partial charge on any atom is -0.745 e. The van der Waals surface area contributed by atoms with E-state index in [-0.39, 0.29) is 319 Å². The fourth-order valence-electron chi connectivity index (χ4n) is 8.87. The molecule has 0 aliphatic heterocycles. The van der Waals surface area contributed by atoms with Gasteiger partial charge in [0.15, 0.2) is 5.75 Å². The average Bonchev–Trinajstić information content (AvgIpc) is 0.756. The van der Waals surface area contributed by atoms with E-state index >= 15 is 0 Å². The molecule has 0 aliphatic rings. The van der Waals surface area contributed by atoms with Gasteiger partial charge in [-0.15, -0.1) is 120 Å². The number of halogens is 2. The third kappa shape index (κ3) is 27.8. The van der Waals surface area contributed by atoms with E-state index in [1.54, 1.807) is 24.3 Å². The maximum absolute atomic E-state index is 12.5. The van der Waals surface area contributed by atoms with E-state index in [0.717, 1.165) is 30.3 Å². The second-order valence-electron chi connectivity index (χ2n) is 18.9. The molecule has 37 nitrogen and oxygen atoms in total. The molecule has 106 heavy (non-hydrogen) atoms. The van der Waals surface area contributed by atoms with Gasteiger partial charge in [0.1, 0.15) is 46.2 Å². The van der Waals surface area contributed by atoms with Crippen LogP contribution in [0.25, 0.3) is 43.1 Å². The summed E-state index contributed by atoms with van der Waals surface area (Å²) < 4.78 is 223. The van der Waals surface area contributed by atoms with Crippen LogP contribution >= 0.6 is 23.2 Å². The number of fused-ring (bicyclic) bond motifs is 4. The number of azo groups is 2. The van der Waals surface area contributed by atoms with Crippen LogP contribution in [-0.2, 0) is 72.3 Å². The monoisotopic (exact) mass is 1680 g/mol. The maximum atomic E-state index is 12.5. The molecule has 6 N–H and O–H groups in total. The zero-order chi connectivity index (χ0) is 72.6. The molecule has 0 atom stereocenters. The summed E-state index contributed by atoms with van der Waals surface area (Å²) in [6, 6.07) is 34.7. The topological polar surface area (TPSA) is 598 Å². The Morgan fingerprint density at radius 2 is 0.934 bits per heavy atom. The van der Waals surface area contributed by atoms with Crippen molar-refractivity contribution in [3.05, 3.63) is 156 Å². The summed E-state index contributed by atoms with van der Waals surface area (Å²) >= 11 is 12.6. The van der Waals surface area contributed by atoms with Gasteiger partial charge in [-0.25, -0.2) is 33.7 Å². The van der Waals surface area contributed by atoms with Crippen molar-refractivity contribution < 1.29 is 307 Å². The van der Waals surface area contributed by atoms with Crippen molar-refractivity contribution in [2.75, 3.05) is 21.3 Å². The molecule has 0 saturated carbocycles. The summed E-state index contributed by atoms with van der Waals surface area (Å²) in [6.45, 7) is 1.47. The second kappa shape index (κ2) is 43.2. The summed E-state index contributed by atoms with van der Waals surface area (Å²) in [5.74, 6) is -2.22. The van der Waals surface area contributed by atoms with Gasteiger partial charge in [0, 0.05) is 54.3 Å². The van der Waals surface area contributed by atoms with Crippen molar-refractivity contribution in [1.82, 2.24) is 29.9 Å². The van der Waals surface area contributed by atoms with Gasteiger partial charge in [-0.3, -0.25) is 0 Å². The number of rotatable bonds is 16. The Kier molecular flexibility index (Phi) is 40.8. The molecule has 0 amide bonds. The second-order valence-corrected chi connectivity index (χ2v) is 26.2. The predicted molar refractivity (Wildman–Crippen MR) is 339 cm³/mol. The fraction of sp³-hybridized carbons (Fsp3) is 0.0189. The first-order valence-corrected chi connectivity index (χ1v) is 35.1. The smallest absolute Gasteiger partial charge is 0.745 e. The molecule has 9 aromatic carbocycles. The Balaban J connectivity index is 0.00000275. The molecule has 0 saturated heterocycles. The Morgan fingerprint density at radius 3 is 1.41 bits per heavy atom. The molecule has 0 unspecified atom stereocenters. The molecule has 11 rings (SSSR count). The Hall–Kier alpha value is -3.88. The summed E-state index contributed by atoms with van der Waals surface area (Å²) in [7, 11) is -29.5. The molecule has 2 heterocycles. The number of aromatic nitrogens is 6. The molecule has 0 spiro atoms. The number of aromatic hydroxyl groups is 2. The zero-order valence-electron chi connectivity index (χ0n) is 55.1. The van der Waals surface area contributed by atoms with Crippen molar-refractivity contribution in [2.45, 2.75) is 26.5 Å². The minimum atomic E-state index is -5.14. The number of benzene rings is 9. The van der Waals surface area contributed by atoms with Gasteiger partial charge in [0.25, 0.3) is 0 Å². The van der Waals surface area contributed by atoms with Gasteiger partial charge in [0.2, 0.25) is 34.4 Å². The van der Waals surface area contributed by atoms with Gasteiger partial charge in [0.05, 0.1) is 16.3 Å². The summed E-state index contributed by atoms with van der Waals surface area (Å²) in [6.07, 6.45) is 0. The summed E-state index contributed by atoms with van der Waals surface area (Å²) in [5, 5.41) is 50.6. The molecule has 0 bridgehead atoms. The van der Waals surface area contributed by atoms with E-state index < -0.39 is 103 Å². The van der Waals surface area contributed by atoms with Crippen LogP contribution in [0.1, 0.15) is 5.56 Å². The van der Waals surface area contributed by atoms with Crippen molar-refractivity contribution in [2.24, 2.45) is 20.5 Å². The SMILES string of the molecule is Cc1cc2cc(S(=O)(=O)[O-])cc(Nc3nc(Cl)nc(Nc4ccc(Nc5nc(Cl)nc(Nc6cc(S(=O)(=O)[O-])cc7c[c-]c(N=Nc8[c-]c9cccc(S(=O)(=O)[O-])c9cc8)c(O)c67)n5)cc4)n3)c2c(O)c1N=Nc1ccc2[c-]cccc2c1S(=O)(=O)[O-].O=S(=O)=O.O=S(=O)=O.O=S(=O)=O.[Na+].[Na+].[Na+].[Na+].[Na+].[Na+].[Na+]. The number of aryl methyl sites for hydroxylation is 1. The summed E-state index contributed by atoms with van der Waals surface area (Å²) in [4.78, 5) is 22.4. The molecule has 53 heteroatoms. The van der Waals surface area contributed by atoms with E-state index in [1.165, 1.54) is 73.7 Å². The quantitative estimate of drug-likeness (QED) is 0.0226. The Bertz CT molecular complexity index is 6020. The molecule has 11 aromatic rings. The number of anilines is 8. The van der Waals surface area contributed by atoms with Gasteiger partial charge >= 0.3 is 239 Å². The molecule has 0 radical (unpaired) electrons. The standard InChI is InChI=1S/C53H33Cl2N14O14S4.7Na.3O3S/c1-25-19-29-22-34(85(75,76)77)24-40(43(29)46(71)44(25)69-68-38-18-9-26-5-2-3-7-36(26)47(38)87(81,82)83)59-53-63-49(55)61-51(65-53)57-31-13-11-30(12-14-31)56-50-60-48(54)62-52(64-50)58-39-23-33(84(72,73)74)21-28-10-17-37(45(70)42(28)39)67-66-32-15-16-35-27(20-32)6-4-8-41(35)86(78,79)80;;;;;;;;3*1-4(2)3/h2-4,6-16,18-19,21-24,70-71H,1H3,(H,72,73,74)(H,75,76,77)(H,78,79,80)(H,81,82,83)(H2,56,58,60,62,64)(H2,57,59,61,63,65);;;;;;;;;;/q-3;7*+1;;;/p-4. The van der Waals surface area contributed by atoms with Crippen molar-refractivity contribution in [1.29, 1.82) is 0 Å². The summed E-state index contributed by atoms with van der Waals surface area (Å²) in [5.41, 5.74) is -0.409. The van der Waals surface area contributed by atoms with E-state index in [0.29, 0.717) is 16.8 Å². The zero-order valence-corrected chi connectivity index (χ0v) is 76.3. The van der Waals surface area contributed by atoms with Crippen LogP contribution in [-0.4, -0.2) is 130 Å². The van der Waals surface area contributed by atoms with Gasteiger partial charge in [-0.2, -0.15) is 57.4 Å². The Labute approximate surface area is 768 Å². The maximum Gasteiger partial charge on any atom is 1.00 e. The normalized spacial score (nSPS) is 10.9. The molecule has 0 aliphatic carbocycles. The number of nitrogens with one attached hydrogen (secondary N) is 4. The number of phenols is 2. The van der Waals surface area contributed by atoms with Crippen molar-refractivity contribution in [3.8, 4) is 11.5 Å².